The van der Waals surface area contributed by atoms with E-state index >= 15 is 0 Å². The molecular formula is C17H14Cl2FN3O3. The van der Waals surface area contributed by atoms with Gasteiger partial charge in [-0.3, -0.25) is 9.59 Å². The van der Waals surface area contributed by atoms with Crippen LogP contribution in [0.25, 0.3) is 0 Å². The molecule has 6 nitrogen and oxygen atoms in total. The lowest BCUT2D eigenvalue weighted by Gasteiger charge is -2.11. The fourth-order valence-electron chi connectivity index (χ4n) is 1.90. The van der Waals surface area contributed by atoms with Crippen molar-refractivity contribution < 1.29 is 18.7 Å². The highest BCUT2D eigenvalue weighted by atomic mass is 35.5. The van der Waals surface area contributed by atoms with Crippen molar-refractivity contribution in [2.75, 3.05) is 7.05 Å². The van der Waals surface area contributed by atoms with Crippen molar-refractivity contribution in [2.45, 2.75) is 6.61 Å². The SMILES string of the molecule is CNC(=O)C(=O)N/N=C\c1cc(Cl)ccc1OCc1c(F)cccc1Cl. The number of nitrogens with zero attached hydrogens (tertiary/aromatic N) is 1. The first-order valence-electron chi connectivity index (χ1n) is 7.32. The summed E-state index contributed by atoms with van der Waals surface area (Å²) >= 11 is 11.9. The number of benzene rings is 2. The average Bonchev–Trinajstić information content (AvgIpc) is 2.62. The third-order valence-corrected chi connectivity index (χ3v) is 3.80. The first-order valence-corrected chi connectivity index (χ1v) is 8.08. The zero-order chi connectivity index (χ0) is 19.1. The van der Waals surface area contributed by atoms with E-state index in [-0.39, 0.29) is 17.2 Å². The number of amides is 2. The maximum atomic E-state index is 13.8. The Balaban J connectivity index is 2.14. The molecule has 0 heterocycles. The van der Waals surface area contributed by atoms with Crippen LogP contribution in [-0.4, -0.2) is 25.1 Å². The normalized spacial score (nSPS) is 10.6. The van der Waals surface area contributed by atoms with Crippen LogP contribution in [0.3, 0.4) is 0 Å². The highest BCUT2D eigenvalue weighted by Gasteiger charge is 2.11. The van der Waals surface area contributed by atoms with Gasteiger partial charge >= 0.3 is 11.8 Å². The minimum Gasteiger partial charge on any atom is -0.488 e. The molecule has 0 atom stereocenters. The van der Waals surface area contributed by atoms with E-state index in [1.165, 1.54) is 31.5 Å². The van der Waals surface area contributed by atoms with Gasteiger partial charge in [0.1, 0.15) is 18.2 Å². The highest BCUT2D eigenvalue weighted by Crippen LogP contribution is 2.25. The molecular weight excluding hydrogens is 384 g/mol. The van der Waals surface area contributed by atoms with Crippen LogP contribution >= 0.6 is 23.2 Å². The number of halogens is 3. The van der Waals surface area contributed by atoms with Gasteiger partial charge in [-0.1, -0.05) is 29.3 Å². The summed E-state index contributed by atoms with van der Waals surface area (Å²) < 4.78 is 19.4. The van der Waals surface area contributed by atoms with E-state index in [9.17, 15) is 14.0 Å². The second-order valence-corrected chi connectivity index (χ2v) is 5.79. The molecule has 0 aliphatic carbocycles. The number of carbonyl (C=O) groups excluding carboxylic acids is 2. The van der Waals surface area contributed by atoms with Crippen molar-refractivity contribution in [3.8, 4) is 5.75 Å². The summed E-state index contributed by atoms with van der Waals surface area (Å²) in [6, 6.07) is 9.02. The number of nitrogens with one attached hydrogen (secondary N) is 2. The predicted octanol–water partition coefficient (Wildman–Crippen LogP) is 2.91. The number of hydrogen-bond acceptors (Lipinski definition) is 4. The lowest BCUT2D eigenvalue weighted by atomic mass is 10.2. The van der Waals surface area contributed by atoms with Gasteiger partial charge in [-0.15, -0.1) is 0 Å². The molecule has 26 heavy (non-hydrogen) atoms. The first kappa shape index (κ1) is 19.7. The standard InChI is InChI=1S/C17H14Cl2FN3O3/c1-21-16(24)17(25)23-22-8-10-7-11(18)5-6-15(10)26-9-12-13(19)3-2-4-14(12)20/h2-8H,9H2,1H3,(H,21,24)(H,23,25)/b22-8-. The lowest BCUT2D eigenvalue weighted by Crippen LogP contribution is -2.35. The Kier molecular flexibility index (Phi) is 6.94. The van der Waals surface area contributed by atoms with Crippen LogP contribution in [0.4, 0.5) is 4.39 Å². The van der Waals surface area contributed by atoms with Crippen molar-refractivity contribution in [3.63, 3.8) is 0 Å². The van der Waals surface area contributed by atoms with E-state index in [0.717, 1.165) is 0 Å². The molecule has 0 bridgehead atoms. The van der Waals surface area contributed by atoms with Crippen molar-refractivity contribution in [3.05, 3.63) is 63.4 Å². The van der Waals surface area contributed by atoms with E-state index in [1.54, 1.807) is 18.2 Å². The van der Waals surface area contributed by atoms with E-state index in [1.807, 2.05) is 0 Å². The van der Waals surface area contributed by atoms with Gasteiger partial charge in [0.05, 0.1) is 11.2 Å². The molecule has 9 heteroatoms. The van der Waals surface area contributed by atoms with Crippen molar-refractivity contribution >= 4 is 41.2 Å². The molecule has 0 fully saturated rings. The third kappa shape index (κ3) is 5.18. The van der Waals surface area contributed by atoms with Gasteiger partial charge in [-0.2, -0.15) is 5.10 Å². The zero-order valence-corrected chi connectivity index (χ0v) is 15.1. The molecule has 0 aromatic heterocycles. The molecule has 2 aromatic rings. The monoisotopic (exact) mass is 397 g/mol. The molecule has 2 amide bonds. The number of carbonyl (C=O) groups is 2. The summed E-state index contributed by atoms with van der Waals surface area (Å²) in [7, 11) is 1.32. The summed E-state index contributed by atoms with van der Waals surface area (Å²) in [4.78, 5) is 22.5. The highest BCUT2D eigenvalue weighted by molar-refractivity contribution is 6.35. The summed E-state index contributed by atoms with van der Waals surface area (Å²) in [6.45, 7) is -0.113. The molecule has 0 aliphatic rings. The fourth-order valence-corrected chi connectivity index (χ4v) is 2.29. The molecule has 0 saturated carbocycles. The fraction of sp³-hybridized carbons (Fsp3) is 0.118. The Hall–Kier alpha value is -2.64. The molecule has 0 spiro atoms. The van der Waals surface area contributed by atoms with Crippen LogP contribution in [0.15, 0.2) is 41.5 Å². The van der Waals surface area contributed by atoms with Crippen LogP contribution in [0, 0.1) is 5.82 Å². The zero-order valence-electron chi connectivity index (χ0n) is 13.6. The van der Waals surface area contributed by atoms with Crippen LogP contribution in [0.5, 0.6) is 5.75 Å². The molecule has 0 unspecified atom stereocenters. The number of hydrazone groups is 1. The molecule has 2 rings (SSSR count). The van der Waals surface area contributed by atoms with Gasteiger partial charge in [0.25, 0.3) is 0 Å². The number of ether oxygens (including phenoxy) is 1. The molecule has 2 aromatic carbocycles. The molecule has 0 radical (unpaired) electrons. The van der Waals surface area contributed by atoms with Gasteiger partial charge < -0.3 is 10.1 Å². The molecule has 2 N–H and O–H groups in total. The van der Waals surface area contributed by atoms with Crippen LogP contribution in [-0.2, 0) is 16.2 Å². The second-order valence-electron chi connectivity index (χ2n) is 4.95. The summed E-state index contributed by atoms with van der Waals surface area (Å²) in [5, 5.41) is 6.49. The van der Waals surface area contributed by atoms with Gasteiger partial charge in [-0.25, -0.2) is 9.82 Å². The smallest absolute Gasteiger partial charge is 0.329 e. The summed E-state index contributed by atoms with van der Waals surface area (Å²) in [6.07, 6.45) is 1.25. The topological polar surface area (TPSA) is 79.8 Å². The summed E-state index contributed by atoms with van der Waals surface area (Å²) in [5.41, 5.74) is 2.69. The van der Waals surface area contributed by atoms with Gasteiger partial charge in [0.15, 0.2) is 0 Å². The van der Waals surface area contributed by atoms with Gasteiger partial charge in [-0.05, 0) is 30.3 Å². The van der Waals surface area contributed by atoms with Crippen LogP contribution < -0.4 is 15.5 Å². The quantitative estimate of drug-likeness (QED) is 0.462. The Labute approximate surface area is 158 Å². The van der Waals surface area contributed by atoms with Crippen molar-refractivity contribution in [1.29, 1.82) is 0 Å². The summed E-state index contributed by atoms with van der Waals surface area (Å²) in [5.74, 6) is -1.91. The number of rotatable bonds is 5. The Morgan fingerprint density at radius 2 is 2.00 bits per heavy atom. The maximum absolute atomic E-state index is 13.8. The van der Waals surface area contributed by atoms with E-state index in [4.69, 9.17) is 27.9 Å². The largest absolute Gasteiger partial charge is 0.488 e. The van der Waals surface area contributed by atoms with Gasteiger partial charge in [0.2, 0.25) is 0 Å². The van der Waals surface area contributed by atoms with Crippen molar-refractivity contribution in [2.24, 2.45) is 5.10 Å². The average molecular weight is 398 g/mol. The first-order chi connectivity index (χ1) is 12.4. The Morgan fingerprint density at radius 1 is 1.23 bits per heavy atom. The van der Waals surface area contributed by atoms with E-state index < -0.39 is 17.6 Å². The predicted molar refractivity (Wildman–Crippen MR) is 97.0 cm³/mol. The Bertz CT molecular complexity index is 839. The maximum Gasteiger partial charge on any atom is 0.329 e. The molecule has 0 saturated heterocycles. The minimum atomic E-state index is -0.925. The van der Waals surface area contributed by atoms with Gasteiger partial charge in [0, 0.05) is 23.2 Å². The van der Waals surface area contributed by atoms with E-state index in [0.29, 0.717) is 16.3 Å². The second kappa shape index (κ2) is 9.17. The number of likely N-dealkylation sites (N-methyl/N-ethyl adjacent to an activating group) is 1. The minimum absolute atomic E-state index is 0.113. The molecule has 0 aliphatic heterocycles. The van der Waals surface area contributed by atoms with E-state index in [2.05, 4.69) is 15.8 Å². The van der Waals surface area contributed by atoms with Crippen LogP contribution in [0.2, 0.25) is 10.0 Å². The number of hydrogen-bond donors (Lipinski definition) is 2. The third-order valence-electron chi connectivity index (χ3n) is 3.21. The Morgan fingerprint density at radius 3 is 2.69 bits per heavy atom. The van der Waals surface area contributed by atoms with Crippen molar-refractivity contribution in [1.82, 2.24) is 10.7 Å². The lowest BCUT2D eigenvalue weighted by molar-refractivity contribution is -0.138. The molecule has 136 valence electrons. The van der Waals surface area contributed by atoms with Crippen LogP contribution in [0.1, 0.15) is 11.1 Å².